The van der Waals surface area contributed by atoms with Crippen LogP contribution in [0.1, 0.15) is 12.2 Å². The molecule has 8 nitrogen and oxygen atoms in total. The molecule has 1 aromatic carbocycles. The van der Waals surface area contributed by atoms with Crippen molar-refractivity contribution in [3.8, 4) is 5.75 Å². The van der Waals surface area contributed by atoms with Crippen LogP contribution in [0.2, 0.25) is 0 Å². The number of carbonyl (C=O) groups excluding carboxylic acids is 2. The molecule has 0 spiro atoms. The number of ether oxygens (including phenoxy) is 1. The first-order chi connectivity index (χ1) is 13.5. The number of hydrogen-bond acceptors (Lipinski definition) is 6. The lowest BCUT2D eigenvalue weighted by Crippen LogP contribution is -2.49. The van der Waals surface area contributed by atoms with Crippen molar-refractivity contribution < 1.29 is 18.8 Å². The van der Waals surface area contributed by atoms with E-state index in [-0.39, 0.29) is 23.7 Å². The summed E-state index contributed by atoms with van der Waals surface area (Å²) in [5, 5.41) is 6.48. The highest BCUT2D eigenvalue weighted by molar-refractivity contribution is 5.99. The number of nitrogens with one attached hydrogen (secondary N) is 1. The van der Waals surface area contributed by atoms with Crippen molar-refractivity contribution in [3.05, 3.63) is 36.1 Å². The Bertz CT molecular complexity index is 855. The van der Waals surface area contributed by atoms with Gasteiger partial charge in [-0.25, -0.2) is 0 Å². The molecule has 2 unspecified atom stereocenters. The van der Waals surface area contributed by atoms with Gasteiger partial charge in [-0.05, 0) is 37.6 Å². The van der Waals surface area contributed by atoms with Crippen molar-refractivity contribution in [2.24, 2.45) is 11.8 Å². The van der Waals surface area contributed by atoms with Gasteiger partial charge in [0.15, 0.2) is 5.82 Å². The molecule has 4 rings (SSSR count). The number of carbonyl (C=O) groups is 2. The van der Waals surface area contributed by atoms with Crippen molar-refractivity contribution in [3.63, 3.8) is 0 Å². The lowest BCUT2D eigenvalue weighted by Gasteiger charge is -2.36. The number of piperazine rings is 1. The van der Waals surface area contributed by atoms with E-state index in [0.717, 1.165) is 24.5 Å². The third-order valence-corrected chi connectivity index (χ3v) is 5.35. The number of nitrogens with zero attached hydrogens (tertiary/aromatic N) is 3. The van der Waals surface area contributed by atoms with E-state index in [4.69, 9.17) is 9.26 Å². The Balaban J connectivity index is 1.27. The average Bonchev–Trinajstić information content (AvgIpc) is 3.43. The molecule has 148 valence electrons. The minimum atomic E-state index is -0.274. The van der Waals surface area contributed by atoms with Crippen LogP contribution >= 0.6 is 0 Å². The summed E-state index contributed by atoms with van der Waals surface area (Å²) < 4.78 is 10.1. The molecule has 28 heavy (non-hydrogen) atoms. The van der Waals surface area contributed by atoms with Crippen molar-refractivity contribution in [2.45, 2.75) is 13.3 Å². The number of aryl methyl sites for hydroxylation is 1. The van der Waals surface area contributed by atoms with E-state index in [0.29, 0.717) is 31.1 Å². The second-order valence-corrected chi connectivity index (χ2v) is 7.27. The fourth-order valence-corrected chi connectivity index (χ4v) is 3.61. The van der Waals surface area contributed by atoms with Crippen LogP contribution in [0.3, 0.4) is 0 Å². The third-order valence-electron chi connectivity index (χ3n) is 5.35. The number of aromatic nitrogens is 1. The van der Waals surface area contributed by atoms with E-state index in [1.165, 1.54) is 0 Å². The molecular weight excluding hydrogens is 360 g/mol. The summed E-state index contributed by atoms with van der Waals surface area (Å²) in [6, 6.07) is 9.61. The molecule has 2 fully saturated rings. The Labute approximate surface area is 163 Å². The SMILES string of the molecule is COc1ccc(N2CCN(C(=O)C3CC3C(=O)Nc3cc(C)on3)CC2)cc1. The van der Waals surface area contributed by atoms with Gasteiger partial charge in [0.25, 0.3) is 0 Å². The van der Waals surface area contributed by atoms with Gasteiger partial charge in [0.05, 0.1) is 18.9 Å². The predicted octanol–water partition coefficient (Wildman–Crippen LogP) is 1.92. The highest BCUT2D eigenvalue weighted by atomic mass is 16.5. The minimum Gasteiger partial charge on any atom is -0.497 e. The Morgan fingerprint density at radius 2 is 1.86 bits per heavy atom. The van der Waals surface area contributed by atoms with Crippen molar-refractivity contribution >= 4 is 23.3 Å². The second-order valence-electron chi connectivity index (χ2n) is 7.27. The molecule has 1 aromatic heterocycles. The molecule has 2 aromatic rings. The summed E-state index contributed by atoms with van der Waals surface area (Å²) in [6.45, 7) is 4.65. The summed E-state index contributed by atoms with van der Waals surface area (Å²) >= 11 is 0. The van der Waals surface area contributed by atoms with E-state index in [2.05, 4.69) is 15.4 Å². The maximum atomic E-state index is 12.7. The number of hydrogen-bond donors (Lipinski definition) is 1. The molecule has 2 aliphatic rings. The van der Waals surface area contributed by atoms with Gasteiger partial charge in [-0.15, -0.1) is 0 Å². The zero-order valence-electron chi connectivity index (χ0n) is 16.1. The van der Waals surface area contributed by atoms with Crippen LogP contribution < -0.4 is 15.0 Å². The Morgan fingerprint density at radius 3 is 2.46 bits per heavy atom. The van der Waals surface area contributed by atoms with Crippen LogP contribution in [0.25, 0.3) is 0 Å². The van der Waals surface area contributed by atoms with Gasteiger partial charge < -0.3 is 24.4 Å². The molecule has 1 aliphatic carbocycles. The van der Waals surface area contributed by atoms with Gasteiger partial charge in [0, 0.05) is 37.9 Å². The Hall–Kier alpha value is -3.03. The molecule has 8 heteroatoms. The van der Waals surface area contributed by atoms with Crippen LogP contribution in [-0.2, 0) is 9.59 Å². The lowest BCUT2D eigenvalue weighted by atomic mass is 10.2. The number of benzene rings is 1. The summed E-state index contributed by atoms with van der Waals surface area (Å²) in [6.07, 6.45) is 0.597. The van der Waals surface area contributed by atoms with Crippen molar-refractivity contribution in [1.29, 1.82) is 0 Å². The molecule has 1 aliphatic heterocycles. The van der Waals surface area contributed by atoms with Gasteiger partial charge in [-0.3, -0.25) is 9.59 Å². The van der Waals surface area contributed by atoms with Gasteiger partial charge in [-0.1, -0.05) is 5.16 Å². The topological polar surface area (TPSA) is 87.9 Å². The third kappa shape index (κ3) is 3.81. The molecule has 1 saturated heterocycles. The smallest absolute Gasteiger partial charge is 0.229 e. The van der Waals surface area contributed by atoms with Crippen LogP contribution in [-0.4, -0.2) is 55.2 Å². The van der Waals surface area contributed by atoms with E-state index in [1.54, 1.807) is 20.1 Å². The predicted molar refractivity (Wildman–Crippen MR) is 103 cm³/mol. The first-order valence-electron chi connectivity index (χ1n) is 9.47. The first-order valence-corrected chi connectivity index (χ1v) is 9.47. The van der Waals surface area contributed by atoms with Crippen LogP contribution in [0, 0.1) is 18.8 Å². The van der Waals surface area contributed by atoms with Crippen molar-refractivity contribution in [2.75, 3.05) is 43.5 Å². The number of rotatable bonds is 5. The molecule has 0 radical (unpaired) electrons. The lowest BCUT2D eigenvalue weighted by molar-refractivity contribution is -0.134. The Kier molecular flexibility index (Phi) is 4.93. The summed E-state index contributed by atoms with van der Waals surface area (Å²) in [4.78, 5) is 29.2. The molecule has 2 heterocycles. The monoisotopic (exact) mass is 384 g/mol. The highest BCUT2D eigenvalue weighted by Crippen LogP contribution is 2.41. The zero-order valence-corrected chi connectivity index (χ0v) is 16.1. The van der Waals surface area contributed by atoms with Crippen LogP contribution in [0.5, 0.6) is 5.75 Å². The largest absolute Gasteiger partial charge is 0.497 e. The molecular formula is C20H24N4O4. The van der Waals surface area contributed by atoms with Crippen LogP contribution in [0.4, 0.5) is 11.5 Å². The summed E-state index contributed by atoms with van der Waals surface area (Å²) in [5.41, 5.74) is 1.12. The fourth-order valence-electron chi connectivity index (χ4n) is 3.61. The van der Waals surface area contributed by atoms with Crippen molar-refractivity contribution in [1.82, 2.24) is 10.1 Å². The molecule has 0 bridgehead atoms. The standard InChI is InChI=1S/C20H24N4O4/c1-13-11-18(22-28-13)21-19(25)16-12-17(16)20(26)24-9-7-23(8-10-24)14-3-5-15(27-2)6-4-14/h3-6,11,16-17H,7-10,12H2,1-2H3,(H,21,22,25). The van der Waals surface area contributed by atoms with Crippen LogP contribution in [0.15, 0.2) is 34.9 Å². The minimum absolute atomic E-state index is 0.0749. The van der Waals surface area contributed by atoms with E-state index >= 15 is 0 Å². The quantitative estimate of drug-likeness (QED) is 0.847. The zero-order chi connectivity index (χ0) is 19.7. The van der Waals surface area contributed by atoms with Gasteiger partial charge >= 0.3 is 0 Å². The molecule has 1 N–H and O–H groups in total. The first kappa shape index (κ1) is 18.3. The second kappa shape index (κ2) is 7.53. The van der Waals surface area contributed by atoms with E-state index in [1.807, 2.05) is 29.2 Å². The van der Waals surface area contributed by atoms with E-state index < -0.39 is 0 Å². The maximum absolute atomic E-state index is 12.7. The maximum Gasteiger partial charge on any atom is 0.229 e. The number of amides is 2. The molecule has 1 saturated carbocycles. The molecule has 2 atom stereocenters. The molecule has 2 amide bonds. The number of methoxy groups -OCH3 is 1. The normalized spacial score (nSPS) is 21.4. The van der Waals surface area contributed by atoms with Gasteiger partial charge in [0.2, 0.25) is 11.8 Å². The number of anilines is 2. The Morgan fingerprint density at radius 1 is 1.14 bits per heavy atom. The summed E-state index contributed by atoms with van der Waals surface area (Å²) in [5.74, 6) is 1.28. The van der Waals surface area contributed by atoms with Gasteiger partial charge in [0.1, 0.15) is 11.5 Å². The fraction of sp³-hybridized carbons (Fsp3) is 0.450. The van der Waals surface area contributed by atoms with E-state index in [9.17, 15) is 9.59 Å². The average molecular weight is 384 g/mol. The summed E-state index contributed by atoms with van der Waals surface area (Å²) in [7, 11) is 1.65. The van der Waals surface area contributed by atoms with Gasteiger partial charge in [-0.2, -0.15) is 0 Å². The highest BCUT2D eigenvalue weighted by Gasteiger charge is 2.49.